The van der Waals surface area contributed by atoms with Gasteiger partial charge in [-0.25, -0.2) is 4.98 Å². The molecule has 6 heteroatoms. The second-order valence-corrected chi connectivity index (χ2v) is 6.23. The molecule has 25 heavy (non-hydrogen) atoms. The second kappa shape index (κ2) is 7.34. The third-order valence-corrected chi connectivity index (χ3v) is 3.90. The fourth-order valence-corrected chi connectivity index (χ4v) is 2.45. The quantitative estimate of drug-likeness (QED) is 0.679. The summed E-state index contributed by atoms with van der Waals surface area (Å²) in [4.78, 5) is 11.0. The third-order valence-electron chi connectivity index (χ3n) is 3.90. The topological polar surface area (TPSA) is 64.3 Å². The van der Waals surface area contributed by atoms with E-state index in [2.05, 4.69) is 26.1 Å². The molecule has 130 valence electrons. The highest BCUT2D eigenvalue weighted by Crippen LogP contribution is 2.22. The fraction of sp³-hybridized carbons (Fsp3) is 0.316. The van der Waals surface area contributed by atoms with Crippen molar-refractivity contribution in [2.24, 2.45) is 0 Å². The lowest BCUT2D eigenvalue weighted by atomic mass is 10.2. The molecule has 0 amide bonds. The van der Waals surface area contributed by atoms with Crippen molar-refractivity contribution in [1.29, 1.82) is 0 Å². The van der Waals surface area contributed by atoms with Gasteiger partial charge in [-0.3, -0.25) is 0 Å². The van der Waals surface area contributed by atoms with Gasteiger partial charge in [-0.2, -0.15) is 4.98 Å². The lowest BCUT2D eigenvalue weighted by molar-refractivity contribution is 0.414. The zero-order chi connectivity index (χ0) is 17.8. The second-order valence-electron chi connectivity index (χ2n) is 6.23. The van der Waals surface area contributed by atoms with Crippen molar-refractivity contribution in [2.45, 2.75) is 26.3 Å². The molecule has 0 aliphatic rings. The summed E-state index contributed by atoms with van der Waals surface area (Å²) < 4.78 is 10.6. The van der Waals surface area contributed by atoms with E-state index in [1.165, 1.54) is 0 Å². The van der Waals surface area contributed by atoms with Crippen LogP contribution >= 0.6 is 0 Å². The molecule has 0 bridgehead atoms. The van der Waals surface area contributed by atoms with Crippen molar-refractivity contribution in [3.8, 4) is 17.2 Å². The van der Waals surface area contributed by atoms with E-state index in [0.29, 0.717) is 11.7 Å². The maximum atomic E-state index is 5.30. The Bertz CT molecular complexity index is 827. The lowest BCUT2D eigenvalue weighted by Gasteiger charge is -2.18. The Labute approximate surface area is 147 Å². The minimum absolute atomic E-state index is 0.235. The number of pyridine rings is 1. The van der Waals surface area contributed by atoms with Crippen LogP contribution < -0.4 is 9.64 Å². The number of benzene rings is 1. The molecule has 0 N–H and O–H groups in total. The predicted molar refractivity (Wildman–Crippen MR) is 96.7 cm³/mol. The average molecular weight is 338 g/mol. The van der Waals surface area contributed by atoms with Crippen molar-refractivity contribution < 1.29 is 9.26 Å². The van der Waals surface area contributed by atoms with Crippen LogP contribution in [0.4, 0.5) is 5.82 Å². The molecule has 3 aromatic rings. The highest BCUT2D eigenvalue weighted by molar-refractivity contribution is 5.54. The van der Waals surface area contributed by atoms with Gasteiger partial charge in [0.25, 0.3) is 5.89 Å². The molecule has 2 heterocycles. The van der Waals surface area contributed by atoms with Crippen LogP contribution in [0.25, 0.3) is 11.5 Å². The van der Waals surface area contributed by atoms with E-state index in [4.69, 9.17) is 9.26 Å². The monoisotopic (exact) mass is 338 g/mol. The number of hydrogen-bond donors (Lipinski definition) is 0. The standard InChI is InChI=1S/C19H22N4O2/c1-13(2)18-21-19(25-22-18)15-8-9-17(20-11-15)23(3)12-14-6-5-7-16(10-14)24-4/h5-11,13H,12H2,1-4H3. The molecule has 1 aromatic carbocycles. The van der Waals surface area contributed by atoms with Gasteiger partial charge in [0.1, 0.15) is 11.6 Å². The molecule has 3 rings (SSSR count). The van der Waals surface area contributed by atoms with Gasteiger partial charge in [-0.15, -0.1) is 0 Å². The van der Waals surface area contributed by atoms with Crippen molar-refractivity contribution in [1.82, 2.24) is 15.1 Å². The Morgan fingerprint density at radius 3 is 2.68 bits per heavy atom. The van der Waals surface area contributed by atoms with Crippen LogP contribution in [0.3, 0.4) is 0 Å². The summed E-state index contributed by atoms with van der Waals surface area (Å²) in [5, 5.41) is 3.99. The van der Waals surface area contributed by atoms with Crippen molar-refractivity contribution in [3.63, 3.8) is 0 Å². The number of nitrogens with zero attached hydrogens (tertiary/aromatic N) is 4. The molecule has 6 nitrogen and oxygen atoms in total. The Kier molecular flexibility index (Phi) is 4.97. The van der Waals surface area contributed by atoms with Gasteiger partial charge in [0.05, 0.1) is 12.7 Å². The molecule has 2 aromatic heterocycles. The summed E-state index contributed by atoms with van der Waals surface area (Å²) in [6, 6.07) is 11.9. The lowest BCUT2D eigenvalue weighted by Crippen LogP contribution is -2.17. The number of rotatable bonds is 6. The van der Waals surface area contributed by atoms with Crippen molar-refractivity contribution in [3.05, 3.63) is 54.0 Å². The number of aromatic nitrogens is 3. The highest BCUT2D eigenvalue weighted by Gasteiger charge is 2.12. The van der Waals surface area contributed by atoms with E-state index >= 15 is 0 Å². The number of ether oxygens (including phenoxy) is 1. The first-order valence-electron chi connectivity index (χ1n) is 8.21. The van der Waals surface area contributed by atoms with Gasteiger partial charge in [0.2, 0.25) is 0 Å². The van der Waals surface area contributed by atoms with E-state index in [-0.39, 0.29) is 5.92 Å². The van der Waals surface area contributed by atoms with E-state index in [9.17, 15) is 0 Å². The maximum absolute atomic E-state index is 5.30. The molecule has 0 saturated carbocycles. The van der Waals surface area contributed by atoms with E-state index in [1.54, 1.807) is 13.3 Å². The Hall–Kier alpha value is -2.89. The summed E-state index contributed by atoms with van der Waals surface area (Å²) in [6.07, 6.45) is 1.76. The molecule has 0 spiro atoms. The van der Waals surface area contributed by atoms with Gasteiger partial charge in [0.15, 0.2) is 5.82 Å². The first kappa shape index (κ1) is 17.0. The van der Waals surface area contributed by atoms with Gasteiger partial charge < -0.3 is 14.2 Å². The van der Waals surface area contributed by atoms with E-state index < -0.39 is 0 Å². The first-order valence-corrected chi connectivity index (χ1v) is 8.21. The Morgan fingerprint density at radius 1 is 1.20 bits per heavy atom. The Morgan fingerprint density at radius 2 is 2.04 bits per heavy atom. The van der Waals surface area contributed by atoms with Crippen LogP contribution in [-0.4, -0.2) is 29.3 Å². The summed E-state index contributed by atoms with van der Waals surface area (Å²) in [5.41, 5.74) is 1.98. The highest BCUT2D eigenvalue weighted by atomic mass is 16.5. The van der Waals surface area contributed by atoms with Crippen LogP contribution in [0.15, 0.2) is 47.1 Å². The molecule has 0 radical (unpaired) electrons. The minimum Gasteiger partial charge on any atom is -0.497 e. The van der Waals surface area contributed by atoms with Crippen LogP contribution in [0.1, 0.15) is 31.2 Å². The largest absolute Gasteiger partial charge is 0.497 e. The maximum Gasteiger partial charge on any atom is 0.259 e. The van der Waals surface area contributed by atoms with E-state index in [1.807, 2.05) is 51.2 Å². The molecular formula is C19H22N4O2. The SMILES string of the molecule is COc1cccc(CN(C)c2ccc(-c3nc(C(C)C)no3)cn2)c1. The normalized spacial score (nSPS) is 10.9. The molecular weight excluding hydrogens is 316 g/mol. The van der Waals surface area contributed by atoms with Gasteiger partial charge in [-0.05, 0) is 29.8 Å². The van der Waals surface area contributed by atoms with Crippen LogP contribution in [0.2, 0.25) is 0 Å². The number of hydrogen-bond acceptors (Lipinski definition) is 6. The summed E-state index contributed by atoms with van der Waals surface area (Å²) in [7, 11) is 3.68. The van der Waals surface area contributed by atoms with Crippen LogP contribution in [0.5, 0.6) is 5.75 Å². The third kappa shape index (κ3) is 3.96. The van der Waals surface area contributed by atoms with Crippen LogP contribution in [0, 0.1) is 0 Å². The van der Waals surface area contributed by atoms with E-state index in [0.717, 1.165) is 29.2 Å². The van der Waals surface area contributed by atoms with Crippen molar-refractivity contribution in [2.75, 3.05) is 19.1 Å². The summed E-state index contributed by atoms with van der Waals surface area (Å²) in [5.74, 6) is 3.16. The fourth-order valence-electron chi connectivity index (χ4n) is 2.45. The Balaban J connectivity index is 1.72. The molecule has 0 atom stereocenters. The van der Waals surface area contributed by atoms with Gasteiger partial charge in [-0.1, -0.05) is 31.1 Å². The molecule has 0 aliphatic heterocycles. The smallest absolute Gasteiger partial charge is 0.259 e. The number of anilines is 1. The van der Waals surface area contributed by atoms with Gasteiger partial charge >= 0.3 is 0 Å². The average Bonchev–Trinajstić information content (AvgIpc) is 3.12. The molecule has 0 aliphatic carbocycles. The minimum atomic E-state index is 0.235. The summed E-state index contributed by atoms with van der Waals surface area (Å²) in [6.45, 7) is 4.80. The van der Waals surface area contributed by atoms with Crippen molar-refractivity contribution >= 4 is 5.82 Å². The first-order chi connectivity index (χ1) is 12.1. The zero-order valence-electron chi connectivity index (χ0n) is 14.9. The summed E-state index contributed by atoms with van der Waals surface area (Å²) >= 11 is 0. The van der Waals surface area contributed by atoms with Gasteiger partial charge in [0, 0.05) is 25.7 Å². The number of methoxy groups -OCH3 is 1. The molecule has 0 unspecified atom stereocenters. The molecule has 0 fully saturated rings. The van der Waals surface area contributed by atoms with Crippen LogP contribution in [-0.2, 0) is 6.54 Å². The zero-order valence-corrected chi connectivity index (χ0v) is 14.9. The molecule has 0 saturated heterocycles. The predicted octanol–water partition coefficient (Wildman–Crippen LogP) is 3.90.